The lowest BCUT2D eigenvalue weighted by atomic mass is 9.49. The number of nitrogens with one attached hydrogen (secondary N) is 2. The summed E-state index contributed by atoms with van der Waals surface area (Å²) in [5.74, 6) is 2.78. The third-order valence-corrected chi connectivity index (χ3v) is 8.13. The fourth-order valence-electron chi connectivity index (χ4n) is 6.87. The number of methoxy groups -OCH3 is 1. The molecule has 174 valence electrons. The van der Waals surface area contributed by atoms with E-state index in [1.807, 2.05) is 54.6 Å². The Morgan fingerprint density at radius 3 is 1.94 bits per heavy atom. The molecule has 2 N–H and O–H groups in total. The average molecular weight is 447 g/mol. The molecule has 2 aromatic rings. The van der Waals surface area contributed by atoms with Gasteiger partial charge in [-0.25, -0.2) is 0 Å². The molecule has 2 atom stereocenters. The van der Waals surface area contributed by atoms with Gasteiger partial charge in [0, 0.05) is 5.41 Å². The van der Waals surface area contributed by atoms with E-state index in [0.29, 0.717) is 17.8 Å². The topological polar surface area (TPSA) is 67.4 Å². The molecule has 4 saturated carbocycles. The highest BCUT2D eigenvalue weighted by Gasteiger charge is 2.54. The quantitative estimate of drug-likeness (QED) is 0.652. The van der Waals surface area contributed by atoms with Gasteiger partial charge in [0.15, 0.2) is 0 Å². The summed E-state index contributed by atoms with van der Waals surface area (Å²) in [5.41, 5.74) is 1.71. The van der Waals surface area contributed by atoms with Gasteiger partial charge in [0.1, 0.15) is 11.8 Å². The van der Waals surface area contributed by atoms with Gasteiger partial charge >= 0.3 is 0 Å². The van der Waals surface area contributed by atoms with Gasteiger partial charge in [-0.15, -0.1) is 0 Å². The fraction of sp³-hybridized carbons (Fsp3) is 0.500. The molecule has 0 unspecified atom stereocenters. The Hall–Kier alpha value is -2.82. The molecule has 0 aromatic heterocycles. The van der Waals surface area contributed by atoms with Crippen molar-refractivity contribution in [1.29, 1.82) is 0 Å². The molecule has 4 bridgehead atoms. The van der Waals surface area contributed by atoms with E-state index < -0.39 is 6.04 Å². The largest absolute Gasteiger partial charge is 0.497 e. The summed E-state index contributed by atoms with van der Waals surface area (Å²) >= 11 is 0. The Morgan fingerprint density at radius 2 is 1.39 bits per heavy atom. The molecular weight excluding hydrogens is 412 g/mol. The lowest BCUT2D eigenvalue weighted by molar-refractivity contribution is -0.148. The van der Waals surface area contributed by atoms with E-state index in [0.717, 1.165) is 36.1 Å². The zero-order valence-corrected chi connectivity index (χ0v) is 19.6. The fourth-order valence-corrected chi connectivity index (χ4v) is 6.87. The van der Waals surface area contributed by atoms with Gasteiger partial charge < -0.3 is 15.4 Å². The normalized spacial score (nSPS) is 29.2. The van der Waals surface area contributed by atoms with Gasteiger partial charge in [0.05, 0.1) is 13.2 Å². The van der Waals surface area contributed by atoms with Crippen molar-refractivity contribution >= 4 is 11.8 Å². The molecule has 5 nitrogen and oxygen atoms in total. The minimum absolute atomic E-state index is 0.0879. The molecular formula is C28H34N2O3. The van der Waals surface area contributed by atoms with Crippen LogP contribution in [-0.4, -0.2) is 25.0 Å². The SMILES string of the molecule is COc1ccc([C@@H](NC(=O)[C@@H](C)NC(=O)C23CC4CC(CC(C4)C2)C3)c2ccccc2)cc1. The van der Waals surface area contributed by atoms with Crippen LogP contribution in [0.3, 0.4) is 0 Å². The number of carbonyl (C=O) groups is 2. The van der Waals surface area contributed by atoms with Crippen molar-refractivity contribution in [2.45, 2.75) is 57.5 Å². The van der Waals surface area contributed by atoms with Crippen molar-refractivity contribution in [1.82, 2.24) is 10.6 Å². The number of carbonyl (C=O) groups excluding carboxylic acids is 2. The Balaban J connectivity index is 1.29. The van der Waals surface area contributed by atoms with E-state index in [9.17, 15) is 9.59 Å². The van der Waals surface area contributed by atoms with E-state index in [4.69, 9.17) is 4.74 Å². The van der Waals surface area contributed by atoms with Crippen LogP contribution in [0.5, 0.6) is 5.75 Å². The second kappa shape index (κ2) is 8.85. The average Bonchev–Trinajstić information content (AvgIpc) is 2.82. The molecule has 6 rings (SSSR count). The van der Waals surface area contributed by atoms with E-state index in [1.165, 1.54) is 19.3 Å². The number of benzene rings is 2. The molecule has 4 aliphatic carbocycles. The minimum atomic E-state index is -0.588. The standard InChI is InChI=1S/C28H34N2O3/c1-18(29-27(32)28-15-19-12-20(16-28)14-21(13-19)17-28)26(31)30-25(22-6-4-3-5-7-22)23-8-10-24(33-2)11-9-23/h3-11,18-21,25H,12-17H2,1-2H3,(H,29,32)(H,30,31)/t18-,19?,20?,21?,25+,28?/m1/s1. The molecule has 5 heteroatoms. The summed E-state index contributed by atoms with van der Waals surface area (Å²) < 4.78 is 5.28. The molecule has 0 aliphatic heterocycles. The molecule has 2 aromatic carbocycles. The predicted octanol–water partition coefficient (Wildman–Crippen LogP) is 4.62. The first-order valence-corrected chi connectivity index (χ1v) is 12.3. The summed E-state index contributed by atoms with van der Waals surface area (Å²) in [5, 5.41) is 6.26. The van der Waals surface area contributed by atoms with Crippen molar-refractivity contribution in [3.8, 4) is 5.75 Å². The molecule has 0 spiro atoms. The maximum Gasteiger partial charge on any atom is 0.243 e. The highest BCUT2D eigenvalue weighted by molar-refractivity contribution is 5.90. The van der Waals surface area contributed by atoms with Crippen LogP contribution in [0.2, 0.25) is 0 Å². The number of hydrogen-bond acceptors (Lipinski definition) is 3. The van der Waals surface area contributed by atoms with E-state index in [-0.39, 0.29) is 23.3 Å². The Kier molecular flexibility index (Phi) is 5.90. The maximum absolute atomic E-state index is 13.4. The first-order chi connectivity index (χ1) is 16.0. The Morgan fingerprint density at radius 1 is 0.848 bits per heavy atom. The molecule has 4 fully saturated rings. The minimum Gasteiger partial charge on any atom is -0.497 e. The van der Waals surface area contributed by atoms with Gasteiger partial charge in [0.25, 0.3) is 0 Å². The van der Waals surface area contributed by atoms with Gasteiger partial charge in [-0.05, 0) is 86.5 Å². The van der Waals surface area contributed by atoms with Crippen LogP contribution in [0.1, 0.15) is 62.6 Å². The van der Waals surface area contributed by atoms with Gasteiger partial charge in [0.2, 0.25) is 11.8 Å². The summed E-state index contributed by atoms with van der Waals surface area (Å²) in [6.45, 7) is 1.80. The summed E-state index contributed by atoms with van der Waals surface area (Å²) in [6.07, 6.45) is 6.88. The third kappa shape index (κ3) is 4.38. The van der Waals surface area contributed by atoms with Crippen molar-refractivity contribution in [2.75, 3.05) is 7.11 Å². The van der Waals surface area contributed by atoms with Gasteiger partial charge in [-0.2, -0.15) is 0 Å². The molecule has 0 heterocycles. The molecule has 2 amide bonds. The number of amides is 2. The van der Waals surface area contributed by atoms with Crippen molar-refractivity contribution in [3.63, 3.8) is 0 Å². The molecule has 4 aliphatic rings. The van der Waals surface area contributed by atoms with Crippen LogP contribution >= 0.6 is 0 Å². The second-order valence-electron chi connectivity index (χ2n) is 10.5. The van der Waals surface area contributed by atoms with Crippen LogP contribution in [-0.2, 0) is 9.59 Å². The zero-order chi connectivity index (χ0) is 23.0. The number of ether oxygens (including phenoxy) is 1. The van der Waals surface area contributed by atoms with Crippen LogP contribution < -0.4 is 15.4 Å². The van der Waals surface area contributed by atoms with Gasteiger partial charge in [-0.3, -0.25) is 9.59 Å². The second-order valence-corrected chi connectivity index (χ2v) is 10.5. The van der Waals surface area contributed by atoms with Crippen LogP contribution in [0.15, 0.2) is 54.6 Å². The van der Waals surface area contributed by atoms with Gasteiger partial charge in [-0.1, -0.05) is 42.5 Å². The van der Waals surface area contributed by atoms with E-state index in [1.54, 1.807) is 14.0 Å². The highest BCUT2D eigenvalue weighted by atomic mass is 16.5. The van der Waals surface area contributed by atoms with Crippen LogP contribution in [0, 0.1) is 23.2 Å². The smallest absolute Gasteiger partial charge is 0.243 e. The maximum atomic E-state index is 13.4. The number of rotatable bonds is 7. The Bertz CT molecular complexity index is 966. The summed E-state index contributed by atoms with van der Waals surface area (Å²) in [7, 11) is 1.64. The molecule has 33 heavy (non-hydrogen) atoms. The summed E-state index contributed by atoms with van der Waals surface area (Å²) in [6, 6.07) is 16.8. The van der Waals surface area contributed by atoms with E-state index >= 15 is 0 Å². The number of hydrogen-bond donors (Lipinski definition) is 2. The highest BCUT2D eigenvalue weighted by Crippen LogP contribution is 2.60. The lowest BCUT2D eigenvalue weighted by Crippen LogP contribution is -2.56. The van der Waals surface area contributed by atoms with Crippen molar-refractivity contribution in [2.24, 2.45) is 23.2 Å². The summed E-state index contributed by atoms with van der Waals surface area (Å²) in [4.78, 5) is 26.6. The van der Waals surface area contributed by atoms with Crippen LogP contribution in [0.4, 0.5) is 0 Å². The van der Waals surface area contributed by atoms with Crippen molar-refractivity contribution < 1.29 is 14.3 Å². The predicted molar refractivity (Wildman–Crippen MR) is 128 cm³/mol. The first kappa shape index (κ1) is 22.0. The molecule has 0 saturated heterocycles. The monoisotopic (exact) mass is 446 g/mol. The Labute approximate surface area is 196 Å². The zero-order valence-electron chi connectivity index (χ0n) is 19.6. The lowest BCUT2D eigenvalue weighted by Gasteiger charge is -2.55. The molecule has 0 radical (unpaired) electrons. The third-order valence-electron chi connectivity index (χ3n) is 8.13. The van der Waals surface area contributed by atoms with E-state index in [2.05, 4.69) is 10.6 Å². The van der Waals surface area contributed by atoms with Crippen LogP contribution in [0.25, 0.3) is 0 Å². The van der Waals surface area contributed by atoms with Crippen molar-refractivity contribution in [3.05, 3.63) is 65.7 Å². The first-order valence-electron chi connectivity index (χ1n) is 12.3.